The van der Waals surface area contributed by atoms with Gasteiger partial charge in [-0.1, -0.05) is 52.9 Å². The molecule has 39 nitrogen and oxygen atoms in total. The maximum absolute atomic E-state index is 14.4. The number of unbranched alkanes of at least 4 members (excludes halogenated alkanes) is 11. The van der Waals surface area contributed by atoms with Gasteiger partial charge in [0.15, 0.2) is 18.9 Å². The van der Waals surface area contributed by atoms with E-state index in [9.17, 15) is 104 Å². The lowest BCUT2D eigenvalue weighted by Gasteiger charge is -2.40. The van der Waals surface area contributed by atoms with E-state index in [2.05, 4.69) is 15.2 Å². The second-order valence-corrected chi connectivity index (χ2v) is 34.8. The van der Waals surface area contributed by atoms with Crippen LogP contribution in [0.4, 0.5) is 0 Å². The molecule has 0 bridgehead atoms. The number of phosphoric ester groups is 2. The van der Waals surface area contributed by atoms with Crippen LogP contribution in [0, 0.1) is 17.8 Å². The average molecular weight is 1770 g/mol. The quantitative estimate of drug-likeness (QED) is 0.0235. The monoisotopic (exact) mass is 1770 g/mol. The highest BCUT2D eigenvalue weighted by molar-refractivity contribution is 7.47. The van der Waals surface area contributed by atoms with E-state index in [1.807, 2.05) is 0 Å². The number of phosphoric acid groups is 2. The first-order valence-electron chi connectivity index (χ1n) is 42.6. The number of rotatable bonds is 65. The molecule has 700 valence electrons. The van der Waals surface area contributed by atoms with E-state index in [0.717, 1.165) is 44.8 Å². The summed E-state index contributed by atoms with van der Waals surface area (Å²) in [5.41, 5.74) is -1.58. The Labute approximate surface area is 704 Å². The molecule has 5 rings (SSSR count). The van der Waals surface area contributed by atoms with Crippen molar-refractivity contribution in [2.24, 2.45) is 17.8 Å². The third-order valence-electron chi connectivity index (χ3n) is 21.9. The molecule has 23 atom stereocenters. The van der Waals surface area contributed by atoms with Gasteiger partial charge in [-0.25, -0.2) is 9.13 Å². The first-order valence-corrected chi connectivity index (χ1v) is 45.6. The summed E-state index contributed by atoms with van der Waals surface area (Å²) in [5, 5.41) is 113. The zero-order valence-corrected chi connectivity index (χ0v) is 72.7. The number of aliphatic hydroxyl groups is 11. The third-order valence-corrected chi connectivity index (χ3v) is 23.9. The molecule has 0 saturated carbocycles. The predicted octanol–water partition coefficient (Wildman–Crippen LogP) is 2.10. The van der Waals surface area contributed by atoms with Gasteiger partial charge in [-0.05, 0) is 90.4 Å². The molecule has 5 aliphatic rings. The van der Waals surface area contributed by atoms with Crippen LogP contribution < -0.4 is 10.6 Å². The minimum Gasteiger partial charge on any atom is -0.400 e. The van der Waals surface area contributed by atoms with Gasteiger partial charge >= 0.3 is 15.6 Å². The molecule has 3 amide bonds. The van der Waals surface area contributed by atoms with Gasteiger partial charge in [-0.2, -0.15) is 0 Å². The number of carbonyl (C=O) groups is 7. The number of ketones is 4. The summed E-state index contributed by atoms with van der Waals surface area (Å²) in [6.07, 6.45) is -4.76. The number of ether oxygens (including phenoxy) is 10. The van der Waals surface area contributed by atoms with Crippen molar-refractivity contribution in [1.29, 1.82) is 0 Å². The zero-order valence-electron chi connectivity index (χ0n) is 70.9. The number of Topliss-reactive ketones (excluding diaryl/α,β-unsaturated/α-hetero) is 4. The summed E-state index contributed by atoms with van der Waals surface area (Å²) in [5.74, 6) is -3.57. The lowest BCUT2D eigenvalue weighted by atomic mass is 9.92. The van der Waals surface area contributed by atoms with Crippen LogP contribution in [0.5, 0.6) is 0 Å². The number of aliphatic hydroxyl groups excluding tert-OH is 11. The van der Waals surface area contributed by atoms with Crippen LogP contribution in [0.15, 0.2) is 0 Å². The van der Waals surface area contributed by atoms with Crippen molar-refractivity contribution >= 4 is 56.5 Å². The minimum atomic E-state index is -4.96. The Balaban J connectivity index is 0.0000150. The van der Waals surface area contributed by atoms with E-state index < -0.39 is 194 Å². The van der Waals surface area contributed by atoms with Crippen LogP contribution in [0.25, 0.3) is 0 Å². The SMILES string of the molecule is CO.COP(=O)(O)O[C@H]1C[C@H](C)O[C@@H]1COP(=O)(O)O[C@@H]1C[C@@H](CO)N(C(=O)CC(=O)NC(COCCCCCCCCC(=O)CCCCO[C@@H]2OC(CO)[C@H](O)[C@H](O)C2C)(COCCC(=O)CCCCCC(=O)CCCCO[C@@H]2OC(CO)[C@H](O)[C@H](O)C2C)COCCC(=O)NCCCCC(=O)CCCCO[C@@H]2OC(CO)[C@H](O)[C@H](O)C2C)C1. The van der Waals surface area contributed by atoms with E-state index in [1.54, 1.807) is 27.7 Å². The standard InChI is InChI=1S/C78H139N3O35P2.CH4O/c1-51-39-61(116-117(99,100)103-5)65(111-51)47-110-118(101,102)115-60-40-55(43-82)81(42-60)68(92)41-67(91)80-78(48-104-33-19-9-7-6-8-11-23-56(86)27-15-20-34-107-75-52(2)69(93)72(96)62(44-83)112-75,49-105-37-30-59(89)25-13-10-12-24-57(87)28-16-21-35-108-76-53(3)70(94)73(97)63(45-84)113-76)50-106-38-31-66(90)79-32-18-14-26-58(88)29-17-22-36-109-77-54(4)71(95)74(98)64(46-85)114-77;1-2/h51-55,60-65,69-77,82-85,93-98H,6-50H2,1-5H3,(H,79,90)(H,80,91)(H,99,100)(H,101,102);2H,1H3/t51-,52?,53?,54?,55-,60+,61-,62?,63?,64?,65+,69+,70+,71+,72-,73-,74-,75+,76+,77+,78?;/m0./s1. The molecular weight excluding hydrogens is 1630 g/mol. The van der Waals surface area contributed by atoms with Crippen molar-refractivity contribution in [1.82, 2.24) is 15.5 Å². The Hall–Kier alpha value is -3.53. The number of likely N-dealkylation sites (tertiary alicyclic amines) is 1. The van der Waals surface area contributed by atoms with Crippen LogP contribution in [-0.4, -0.2) is 341 Å². The third kappa shape index (κ3) is 40.6. The molecule has 0 radical (unpaired) electrons. The zero-order chi connectivity index (χ0) is 88.8. The van der Waals surface area contributed by atoms with E-state index in [1.165, 1.54) is 0 Å². The summed E-state index contributed by atoms with van der Waals surface area (Å²) < 4.78 is 104. The Morgan fingerprint density at radius 1 is 0.442 bits per heavy atom. The van der Waals surface area contributed by atoms with Crippen molar-refractivity contribution < 1.29 is 174 Å². The van der Waals surface area contributed by atoms with E-state index in [-0.39, 0.29) is 140 Å². The minimum absolute atomic E-state index is 0.0274. The molecule has 41 heteroatoms. The molecule has 0 spiro atoms. The van der Waals surface area contributed by atoms with Gasteiger partial charge in [0.05, 0.1) is 103 Å². The average Bonchev–Trinajstić information content (AvgIpc) is 1.09. The Kier molecular flexibility index (Phi) is 53.9. The maximum atomic E-state index is 14.4. The normalized spacial score (nSPS) is 29.1. The summed E-state index contributed by atoms with van der Waals surface area (Å²) in [4.78, 5) is 115. The molecule has 0 aromatic rings. The van der Waals surface area contributed by atoms with E-state index >= 15 is 0 Å². The van der Waals surface area contributed by atoms with Gasteiger partial charge in [0.25, 0.3) is 0 Å². The van der Waals surface area contributed by atoms with Crippen molar-refractivity contribution in [3.63, 3.8) is 0 Å². The molecule has 5 aliphatic heterocycles. The molecule has 0 aliphatic carbocycles. The lowest BCUT2D eigenvalue weighted by Crippen LogP contribution is -2.59. The summed E-state index contributed by atoms with van der Waals surface area (Å²) in [6.45, 7) is 3.58. The van der Waals surface area contributed by atoms with Crippen LogP contribution in [0.2, 0.25) is 0 Å². The Bertz CT molecular complexity index is 2910. The second-order valence-electron chi connectivity index (χ2n) is 31.9. The largest absolute Gasteiger partial charge is 0.472 e. The van der Waals surface area contributed by atoms with Crippen LogP contribution in [0.1, 0.15) is 214 Å². The highest BCUT2D eigenvalue weighted by atomic mass is 31.2. The topological polar surface area (TPSA) is 573 Å². The summed E-state index contributed by atoms with van der Waals surface area (Å²) in [6, 6.07) is -0.987. The molecule has 5 heterocycles. The molecule has 0 aromatic carbocycles. The van der Waals surface area contributed by atoms with Crippen molar-refractivity contribution in [3.8, 4) is 0 Å². The molecule has 5 fully saturated rings. The Morgan fingerprint density at radius 2 is 0.833 bits per heavy atom. The molecule has 9 unspecified atom stereocenters. The molecule has 5 saturated heterocycles. The van der Waals surface area contributed by atoms with Gasteiger partial charge in [0, 0.05) is 136 Å². The van der Waals surface area contributed by atoms with Crippen LogP contribution in [-0.2, 0) is 108 Å². The summed E-state index contributed by atoms with van der Waals surface area (Å²) in [7, 11) is -7.48. The van der Waals surface area contributed by atoms with Gasteiger partial charge in [-0.15, -0.1) is 0 Å². The number of carbonyl (C=O) groups excluding carboxylic acids is 7. The highest BCUT2D eigenvalue weighted by Gasteiger charge is 2.47. The second kappa shape index (κ2) is 59.5. The number of nitrogens with zero attached hydrogens (tertiary/aromatic N) is 1. The lowest BCUT2D eigenvalue weighted by molar-refractivity contribution is -0.282. The number of hydrogen-bond donors (Lipinski definition) is 15. The fourth-order valence-corrected chi connectivity index (χ4v) is 16.2. The fraction of sp³-hybridized carbons (Fsp3) is 0.911. The van der Waals surface area contributed by atoms with Gasteiger partial charge in [-0.3, -0.25) is 51.7 Å². The first-order chi connectivity index (χ1) is 57.3. The number of amides is 3. The molecular formula is C79H143N3O36P2. The smallest absolute Gasteiger partial charge is 0.400 e. The fourth-order valence-electron chi connectivity index (χ4n) is 14.6. The summed E-state index contributed by atoms with van der Waals surface area (Å²) >= 11 is 0. The molecule has 15 N–H and O–H groups in total. The first kappa shape index (κ1) is 109. The molecule has 120 heavy (non-hydrogen) atoms. The number of nitrogens with one attached hydrogen (secondary N) is 2. The van der Waals surface area contributed by atoms with Crippen LogP contribution >= 0.6 is 15.6 Å². The van der Waals surface area contributed by atoms with Gasteiger partial charge < -0.3 is 129 Å². The van der Waals surface area contributed by atoms with Gasteiger partial charge in [0.2, 0.25) is 17.7 Å². The van der Waals surface area contributed by atoms with Crippen LogP contribution in [0.3, 0.4) is 0 Å². The van der Waals surface area contributed by atoms with Crippen molar-refractivity contribution in [3.05, 3.63) is 0 Å². The highest BCUT2D eigenvalue weighted by Crippen LogP contribution is 2.50. The Morgan fingerprint density at radius 3 is 1.27 bits per heavy atom. The number of hydrogen-bond acceptors (Lipinski definition) is 34. The van der Waals surface area contributed by atoms with Gasteiger partial charge in [0.1, 0.15) is 83.9 Å². The van der Waals surface area contributed by atoms with Crippen molar-refractivity contribution in [2.45, 2.75) is 324 Å². The predicted molar refractivity (Wildman–Crippen MR) is 426 cm³/mol. The van der Waals surface area contributed by atoms with E-state index in [0.29, 0.717) is 116 Å². The molecule has 0 aromatic heterocycles. The van der Waals surface area contributed by atoms with Crippen molar-refractivity contribution in [2.75, 3.05) is 120 Å². The maximum Gasteiger partial charge on any atom is 0.472 e. The van der Waals surface area contributed by atoms with E-state index in [4.69, 9.17) is 66.0 Å².